The lowest BCUT2D eigenvalue weighted by Gasteiger charge is -2.17. The lowest BCUT2D eigenvalue weighted by Crippen LogP contribution is -2.43. The fraction of sp³-hybridized carbons (Fsp3) is 0.333. The van der Waals surface area contributed by atoms with Gasteiger partial charge in [0, 0.05) is 18.1 Å². The summed E-state index contributed by atoms with van der Waals surface area (Å²) in [4.78, 5) is 23.8. The normalized spacial score (nSPS) is 12.6. The maximum Gasteiger partial charge on any atom is 0.309 e. The van der Waals surface area contributed by atoms with E-state index >= 15 is 0 Å². The molecule has 0 radical (unpaired) electrons. The molecule has 0 saturated carbocycles. The van der Waals surface area contributed by atoms with Crippen molar-refractivity contribution in [2.45, 2.75) is 24.0 Å². The Balaban J connectivity index is 2.17. The van der Waals surface area contributed by atoms with Gasteiger partial charge in [-0.2, -0.15) is 0 Å². The first-order chi connectivity index (χ1) is 12.7. The number of carbonyl (C=O) groups is 2. The largest absolute Gasteiger partial charge is 0.468 e. The molecule has 1 atom stereocenters. The lowest BCUT2D eigenvalue weighted by molar-refractivity contribution is -0.139. The van der Waals surface area contributed by atoms with Gasteiger partial charge in [0.25, 0.3) is 0 Å². The van der Waals surface area contributed by atoms with Crippen LogP contribution in [0.4, 0.5) is 0 Å². The number of hydrogen-bond acceptors (Lipinski definition) is 5. The molecule has 2 N–H and O–H groups in total. The summed E-state index contributed by atoms with van der Waals surface area (Å²) >= 11 is 5.82. The Morgan fingerprint density at radius 3 is 2.15 bits per heavy atom. The first kappa shape index (κ1) is 21.0. The van der Waals surface area contributed by atoms with Gasteiger partial charge in [0.05, 0.1) is 11.2 Å². The van der Waals surface area contributed by atoms with Crippen molar-refractivity contribution in [1.82, 2.24) is 10.6 Å². The lowest BCUT2D eigenvalue weighted by atomic mass is 10.2. The molecule has 0 saturated heterocycles. The summed E-state index contributed by atoms with van der Waals surface area (Å²) in [5, 5.41) is 4.06. The third-order valence-electron chi connectivity index (χ3n) is 3.70. The molecule has 27 heavy (non-hydrogen) atoms. The van der Waals surface area contributed by atoms with Crippen molar-refractivity contribution < 1.29 is 22.4 Å². The molecule has 0 bridgehead atoms. The fourth-order valence-electron chi connectivity index (χ4n) is 2.27. The molecule has 2 rings (SSSR count). The van der Waals surface area contributed by atoms with E-state index in [9.17, 15) is 18.0 Å². The van der Waals surface area contributed by atoms with Crippen molar-refractivity contribution in [3.63, 3.8) is 0 Å². The number of rotatable bonds is 7. The maximum absolute atomic E-state index is 13.0. The number of hydrogen-bond donors (Lipinski definition) is 2. The molecule has 9 heteroatoms. The number of carbonyl (C=O) groups excluding carboxylic acids is 2. The minimum atomic E-state index is -3.89. The number of furan rings is 1. The van der Waals surface area contributed by atoms with E-state index in [0.29, 0.717) is 11.6 Å². The smallest absolute Gasteiger partial charge is 0.309 e. The Labute approximate surface area is 163 Å². The fourth-order valence-corrected chi connectivity index (χ4v) is 3.98. The Morgan fingerprint density at radius 1 is 1.04 bits per heavy atom. The summed E-state index contributed by atoms with van der Waals surface area (Å²) in [6.07, 6.45) is 1.34. The molecular weight excluding hydrogens is 392 g/mol. The molecule has 1 aromatic carbocycles. The van der Waals surface area contributed by atoms with Gasteiger partial charge < -0.3 is 15.1 Å². The molecule has 7 nitrogen and oxygen atoms in total. The zero-order chi connectivity index (χ0) is 20.0. The molecule has 1 heterocycles. The van der Waals surface area contributed by atoms with E-state index in [1.54, 1.807) is 6.07 Å². The van der Waals surface area contributed by atoms with Crippen LogP contribution in [0.3, 0.4) is 0 Å². The zero-order valence-electron chi connectivity index (χ0n) is 14.9. The Kier molecular flexibility index (Phi) is 7.04. The van der Waals surface area contributed by atoms with Crippen molar-refractivity contribution in [1.29, 1.82) is 0 Å². The van der Waals surface area contributed by atoms with Crippen LogP contribution in [0.1, 0.15) is 24.9 Å². The minimum absolute atomic E-state index is 0.0341. The number of halogens is 1. The van der Waals surface area contributed by atoms with Gasteiger partial charge in [0.1, 0.15) is 11.0 Å². The van der Waals surface area contributed by atoms with Crippen LogP contribution < -0.4 is 10.6 Å². The highest BCUT2D eigenvalue weighted by molar-refractivity contribution is 7.91. The molecule has 146 valence electrons. The third-order valence-corrected chi connectivity index (χ3v) is 6.03. The van der Waals surface area contributed by atoms with Crippen LogP contribution in [-0.2, 0) is 19.4 Å². The zero-order valence-corrected chi connectivity index (χ0v) is 16.5. The van der Waals surface area contributed by atoms with E-state index in [1.165, 1.54) is 36.6 Å². The highest BCUT2D eigenvalue weighted by Gasteiger charge is 2.32. The first-order valence-electron chi connectivity index (χ1n) is 8.30. The average Bonchev–Trinajstić information content (AvgIpc) is 3.14. The van der Waals surface area contributed by atoms with E-state index in [-0.39, 0.29) is 23.1 Å². The van der Waals surface area contributed by atoms with Gasteiger partial charge in [0.15, 0.2) is 9.84 Å². The molecule has 2 aromatic rings. The van der Waals surface area contributed by atoms with Crippen LogP contribution in [0, 0.1) is 5.92 Å². The van der Waals surface area contributed by atoms with Crippen molar-refractivity contribution in [3.8, 4) is 0 Å². The number of sulfone groups is 1. The second kappa shape index (κ2) is 9.05. The predicted molar refractivity (Wildman–Crippen MR) is 101 cm³/mol. The molecular formula is C18H21ClN2O5S. The average molecular weight is 413 g/mol. The van der Waals surface area contributed by atoms with Gasteiger partial charge in [-0.1, -0.05) is 25.4 Å². The topological polar surface area (TPSA) is 105 Å². The van der Waals surface area contributed by atoms with Gasteiger partial charge in [-0.3, -0.25) is 9.59 Å². The van der Waals surface area contributed by atoms with Crippen LogP contribution in [0.25, 0.3) is 0 Å². The van der Waals surface area contributed by atoms with Crippen molar-refractivity contribution >= 4 is 33.3 Å². The second-order valence-electron chi connectivity index (χ2n) is 6.32. The maximum atomic E-state index is 13.0. The molecule has 2 amide bonds. The Morgan fingerprint density at radius 2 is 1.63 bits per heavy atom. The number of amides is 2. The first-order valence-corrected chi connectivity index (χ1v) is 10.2. The number of benzene rings is 1. The van der Waals surface area contributed by atoms with Crippen LogP contribution in [-0.4, -0.2) is 33.3 Å². The SMILES string of the molecule is CC(C)CNC(=O)C(=O)NCC(c1ccco1)S(=O)(=O)c1ccc(Cl)cc1. The Hall–Kier alpha value is -2.32. The van der Waals surface area contributed by atoms with Gasteiger partial charge in [-0.05, 0) is 42.3 Å². The van der Waals surface area contributed by atoms with Gasteiger partial charge in [-0.15, -0.1) is 0 Å². The number of nitrogens with one attached hydrogen (secondary N) is 2. The summed E-state index contributed by atoms with van der Waals surface area (Å²) in [6.45, 7) is 3.82. The van der Waals surface area contributed by atoms with Crippen molar-refractivity contribution in [2.75, 3.05) is 13.1 Å². The third kappa shape index (κ3) is 5.58. The van der Waals surface area contributed by atoms with Gasteiger partial charge >= 0.3 is 11.8 Å². The molecule has 0 aliphatic carbocycles. The van der Waals surface area contributed by atoms with Gasteiger partial charge in [0.2, 0.25) is 0 Å². The quantitative estimate of drug-likeness (QED) is 0.679. The van der Waals surface area contributed by atoms with Crippen LogP contribution in [0.5, 0.6) is 0 Å². The summed E-state index contributed by atoms with van der Waals surface area (Å²) < 4.78 is 31.2. The van der Waals surface area contributed by atoms with E-state index in [0.717, 1.165) is 0 Å². The second-order valence-corrected chi connectivity index (χ2v) is 8.88. The van der Waals surface area contributed by atoms with E-state index in [4.69, 9.17) is 16.0 Å². The molecule has 0 fully saturated rings. The standard InChI is InChI=1S/C18H21ClN2O5S/c1-12(2)10-20-17(22)18(23)21-11-16(15-4-3-9-26-15)27(24,25)14-7-5-13(19)6-8-14/h3-9,12,16H,10-11H2,1-2H3,(H,20,22)(H,21,23). The molecule has 0 aliphatic rings. The highest BCUT2D eigenvalue weighted by Crippen LogP contribution is 2.29. The van der Waals surface area contributed by atoms with Crippen LogP contribution in [0.15, 0.2) is 52.0 Å². The van der Waals surface area contributed by atoms with E-state index in [2.05, 4.69) is 10.6 Å². The predicted octanol–water partition coefficient (Wildman–Crippen LogP) is 2.34. The van der Waals surface area contributed by atoms with Crippen molar-refractivity contribution in [3.05, 3.63) is 53.4 Å². The van der Waals surface area contributed by atoms with Crippen LogP contribution in [0.2, 0.25) is 5.02 Å². The minimum Gasteiger partial charge on any atom is -0.468 e. The van der Waals surface area contributed by atoms with Crippen LogP contribution >= 0.6 is 11.6 Å². The highest BCUT2D eigenvalue weighted by atomic mass is 35.5. The van der Waals surface area contributed by atoms with E-state index in [1.807, 2.05) is 13.8 Å². The van der Waals surface area contributed by atoms with E-state index < -0.39 is 26.9 Å². The summed E-state index contributed by atoms with van der Waals surface area (Å²) in [6, 6.07) is 8.74. The van der Waals surface area contributed by atoms with Crippen molar-refractivity contribution in [2.24, 2.45) is 5.92 Å². The molecule has 0 spiro atoms. The summed E-state index contributed by atoms with van der Waals surface area (Å²) in [7, 11) is -3.89. The van der Waals surface area contributed by atoms with Gasteiger partial charge in [-0.25, -0.2) is 8.42 Å². The summed E-state index contributed by atoms with van der Waals surface area (Å²) in [5.41, 5.74) is 0. The molecule has 1 aromatic heterocycles. The molecule has 1 unspecified atom stereocenters. The molecule has 0 aliphatic heterocycles. The Bertz CT molecular complexity index is 877. The summed E-state index contributed by atoms with van der Waals surface area (Å²) in [5.74, 6) is -1.37. The monoisotopic (exact) mass is 412 g/mol.